The maximum absolute atomic E-state index is 12.2. The lowest BCUT2D eigenvalue weighted by atomic mass is 10.0. The first-order valence-electron chi connectivity index (χ1n) is 10.6. The maximum Gasteiger partial charge on any atom is 0.343 e. The lowest BCUT2D eigenvalue weighted by Gasteiger charge is -2.15. The van der Waals surface area contributed by atoms with Gasteiger partial charge in [0, 0.05) is 8.95 Å². The van der Waals surface area contributed by atoms with Gasteiger partial charge in [-0.15, -0.1) is 0 Å². The van der Waals surface area contributed by atoms with Gasteiger partial charge in [-0.25, -0.2) is 10.2 Å². The summed E-state index contributed by atoms with van der Waals surface area (Å²) in [5.41, 5.74) is 5.70. The SMILES string of the molecule is Cc1cc(OCC(=O)N/N=C/c2ccc(OC(=O)c3ccc(Br)cc3)cc2)c(C(C)C)cc1Br. The number of nitrogens with one attached hydrogen (secondary N) is 1. The van der Waals surface area contributed by atoms with E-state index in [2.05, 4.69) is 56.2 Å². The molecule has 0 unspecified atom stereocenters. The van der Waals surface area contributed by atoms with Crippen molar-refractivity contribution >= 4 is 50.0 Å². The quantitative estimate of drug-likeness (QED) is 0.143. The van der Waals surface area contributed by atoms with Gasteiger partial charge in [-0.1, -0.05) is 45.7 Å². The molecule has 0 atom stereocenters. The number of amides is 1. The summed E-state index contributed by atoms with van der Waals surface area (Å²) in [5.74, 6) is 0.538. The van der Waals surface area contributed by atoms with Crippen molar-refractivity contribution in [2.24, 2.45) is 5.10 Å². The minimum atomic E-state index is -0.442. The van der Waals surface area contributed by atoms with Gasteiger partial charge in [-0.3, -0.25) is 4.79 Å². The Labute approximate surface area is 215 Å². The van der Waals surface area contributed by atoms with Gasteiger partial charge in [-0.05, 0) is 90.2 Å². The first-order valence-corrected chi connectivity index (χ1v) is 12.1. The summed E-state index contributed by atoms with van der Waals surface area (Å²) in [6.45, 7) is 5.96. The second-order valence-electron chi connectivity index (χ2n) is 7.84. The van der Waals surface area contributed by atoms with E-state index in [4.69, 9.17) is 9.47 Å². The number of carbonyl (C=O) groups excluding carboxylic acids is 2. The van der Waals surface area contributed by atoms with E-state index in [1.807, 2.05) is 19.1 Å². The lowest BCUT2D eigenvalue weighted by molar-refractivity contribution is -0.123. The van der Waals surface area contributed by atoms with Crippen LogP contribution in [0, 0.1) is 6.92 Å². The van der Waals surface area contributed by atoms with E-state index in [1.54, 1.807) is 48.5 Å². The van der Waals surface area contributed by atoms with Crippen LogP contribution >= 0.6 is 31.9 Å². The van der Waals surface area contributed by atoms with Gasteiger partial charge in [0.1, 0.15) is 11.5 Å². The topological polar surface area (TPSA) is 77.0 Å². The number of hydrogen-bond donors (Lipinski definition) is 1. The summed E-state index contributed by atoms with van der Waals surface area (Å²) >= 11 is 6.87. The molecule has 3 rings (SSSR count). The van der Waals surface area contributed by atoms with Crippen LogP contribution < -0.4 is 14.9 Å². The Balaban J connectivity index is 1.50. The highest BCUT2D eigenvalue weighted by atomic mass is 79.9. The van der Waals surface area contributed by atoms with Gasteiger partial charge < -0.3 is 9.47 Å². The van der Waals surface area contributed by atoms with E-state index in [-0.39, 0.29) is 18.4 Å². The predicted octanol–water partition coefficient (Wildman–Crippen LogP) is 6.39. The summed E-state index contributed by atoms with van der Waals surface area (Å²) in [5, 5.41) is 3.97. The zero-order chi connectivity index (χ0) is 24.7. The highest BCUT2D eigenvalue weighted by Crippen LogP contribution is 2.32. The summed E-state index contributed by atoms with van der Waals surface area (Å²) in [4.78, 5) is 24.3. The molecule has 0 saturated carbocycles. The Morgan fingerprint density at radius 1 is 1.03 bits per heavy atom. The third-order valence-electron chi connectivity index (χ3n) is 4.85. The van der Waals surface area contributed by atoms with Crippen LogP contribution in [0.15, 0.2) is 74.7 Å². The number of aryl methyl sites for hydroxylation is 1. The molecule has 0 fully saturated rings. The Kier molecular flexibility index (Phi) is 9.01. The molecule has 1 amide bonds. The van der Waals surface area contributed by atoms with E-state index in [1.165, 1.54) is 6.21 Å². The third-order valence-corrected chi connectivity index (χ3v) is 6.23. The number of benzene rings is 3. The van der Waals surface area contributed by atoms with Crippen molar-refractivity contribution in [2.45, 2.75) is 26.7 Å². The van der Waals surface area contributed by atoms with Crippen LogP contribution in [0.25, 0.3) is 0 Å². The number of hydrazone groups is 1. The predicted molar refractivity (Wildman–Crippen MR) is 140 cm³/mol. The van der Waals surface area contributed by atoms with Gasteiger partial charge in [-0.2, -0.15) is 5.10 Å². The largest absolute Gasteiger partial charge is 0.483 e. The number of carbonyl (C=O) groups is 2. The highest BCUT2D eigenvalue weighted by molar-refractivity contribution is 9.10. The molecule has 0 bridgehead atoms. The summed E-state index contributed by atoms with van der Waals surface area (Å²) < 4.78 is 13.0. The second-order valence-corrected chi connectivity index (χ2v) is 9.61. The van der Waals surface area contributed by atoms with Gasteiger partial charge in [0.2, 0.25) is 0 Å². The number of esters is 1. The Morgan fingerprint density at radius 2 is 1.71 bits per heavy atom. The molecular weight excluding hydrogens is 564 g/mol. The van der Waals surface area contributed by atoms with Crippen molar-refractivity contribution in [1.82, 2.24) is 5.43 Å². The number of ether oxygens (including phenoxy) is 2. The van der Waals surface area contributed by atoms with E-state index in [0.29, 0.717) is 17.1 Å². The van der Waals surface area contributed by atoms with Gasteiger partial charge in [0.25, 0.3) is 5.91 Å². The van der Waals surface area contributed by atoms with Crippen LogP contribution in [0.5, 0.6) is 11.5 Å². The number of halogens is 2. The van der Waals surface area contributed by atoms with E-state index < -0.39 is 5.97 Å². The van der Waals surface area contributed by atoms with E-state index in [0.717, 1.165) is 25.6 Å². The van der Waals surface area contributed by atoms with Crippen LogP contribution in [0.1, 0.15) is 46.8 Å². The molecule has 0 aliphatic heterocycles. The molecular formula is C26H24Br2N2O4. The fourth-order valence-corrected chi connectivity index (χ4v) is 3.60. The minimum Gasteiger partial charge on any atom is -0.483 e. The average Bonchev–Trinajstić information content (AvgIpc) is 2.81. The summed E-state index contributed by atoms with van der Waals surface area (Å²) in [6, 6.07) is 17.6. The summed E-state index contributed by atoms with van der Waals surface area (Å²) in [7, 11) is 0. The normalized spacial score (nSPS) is 11.0. The molecule has 3 aromatic rings. The third kappa shape index (κ3) is 7.27. The molecule has 0 spiro atoms. The Bertz CT molecular complexity index is 1190. The monoisotopic (exact) mass is 586 g/mol. The molecule has 0 saturated heterocycles. The van der Waals surface area contributed by atoms with Crippen molar-refractivity contribution in [2.75, 3.05) is 6.61 Å². The maximum atomic E-state index is 12.2. The molecule has 0 heterocycles. The van der Waals surface area contributed by atoms with Crippen LogP contribution in [0.3, 0.4) is 0 Å². The standard InChI is InChI=1S/C26H24Br2N2O4/c1-16(2)22-13-23(28)17(3)12-24(22)33-15-25(31)30-29-14-18-4-10-21(11-5-18)34-26(32)19-6-8-20(27)9-7-19/h4-14,16H,15H2,1-3H3,(H,30,31)/b29-14+. The van der Waals surface area contributed by atoms with Crippen LogP contribution in [0.4, 0.5) is 0 Å². The lowest BCUT2D eigenvalue weighted by Crippen LogP contribution is -2.25. The fourth-order valence-electron chi connectivity index (χ4n) is 2.97. The molecule has 0 aromatic heterocycles. The Hall–Kier alpha value is -2.97. The van der Waals surface area contributed by atoms with E-state index >= 15 is 0 Å². The Morgan fingerprint density at radius 3 is 2.35 bits per heavy atom. The molecule has 176 valence electrons. The molecule has 34 heavy (non-hydrogen) atoms. The second kappa shape index (κ2) is 11.9. The van der Waals surface area contributed by atoms with Gasteiger partial charge >= 0.3 is 5.97 Å². The van der Waals surface area contributed by atoms with Crippen LogP contribution in [-0.2, 0) is 4.79 Å². The minimum absolute atomic E-state index is 0.150. The molecule has 6 nitrogen and oxygen atoms in total. The first-order chi connectivity index (χ1) is 16.2. The smallest absolute Gasteiger partial charge is 0.343 e. The van der Waals surface area contributed by atoms with Crippen LogP contribution in [0.2, 0.25) is 0 Å². The first kappa shape index (κ1) is 25.6. The van der Waals surface area contributed by atoms with Gasteiger partial charge in [0.05, 0.1) is 11.8 Å². The van der Waals surface area contributed by atoms with Crippen molar-refractivity contribution in [3.8, 4) is 11.5 Å². The van der Waals surface area contributed by atoms with Gasteiger partial charge in [0.15, 0.2) is 6.61 Å². The number of hydrogen-bond acceptors (Lipinski definition) is 5. The molecule has 0 aliphatic carbocycles. The van der Waals surface area contributed by atoms with Crippen molar-refractivity contribution in [3.05, 3.63) is 91.9 Å². The fraction of sp³-hybridized carbons (Fsp3) is 0.192. The zero-order valence-electron chi connectivity index (χ0n) is 19.0. The molecule has 8 heteroatoms. The van der Waals surface area contributed by atoms with Crippen LogP contribution in [-0.4, -0.2) is 24.7 Å². The van der Waals surface area contributed by atoms with Crippen molar-refractivity contribution in [3.63, 3.8) is 0 Å². The van der Waals surface area contributed by atoms with E-state index in [9.17, 15) is 9.59 Å². The number of rotatable bonds is 8. The average molecular weight is 588 g/mol. The number of nitrogens with zero attached hydrogens (tertiary/aromatic N) is 1. The van der Waals surface area contributed by atoms with Crippen molar-refractivity contribution < 1.29 is 19.1 Å². The molecule has 1 N–H and O–H groups in total. The molecule has 0 aliphatic rings. The molecule has 0 radical (unpaired) electrons. The molecule has 3 aromatic carbocycles. The zero-order valence-corrected chi connectivity index (χ0v) is 22.1. The van der Waals surface area contributed by atoms with Crippen molar-refractivity contribution in [1.29, 1.82) is 0 Å². The summed E-state index contributed by atoms with van der Waals surface area (Å²) in [6.07, 6.45) is 1.50. The highest BCUT2D eigenvalue weighted by Gasteiger charge is 2.12.